The predicted octanol–water partition coefficient (Wildman–Crippen LogP) is 4.58. The minimum absolute atomic E-state index is 0.235. The first-order valence-electron chi connectivity index (χ1n) is 7.94. The molecule has 0 aliphatic rings. The number of benzene rings is 2. The Balaban J connectivity index is 1.43. The molecule has 0 aliphatic carbocycles. The Kier molecular flexibility index (Phi) is 4.33. The highest BCUT2D eigenvalue weighted by atomic mass is 32.1. The van der Waals surface area contributed by atoms with E-state index in [4.69, 9.17) is 0 Å². The maximum atomic E-state index is 12.1. The van der Waals surface area contributed by atoms with Crippen molar-refractivity contribution in [1.82, 2.24) is 15.3 Å². The van der Waals surface area contributed by atoms with Crippen LogP contribution in [-0.4, -0.2) is 22.5 Å². The van der Waals surface area contributed by atoms with E-state index in [1.54, 1.807) is 11.3 Å². The van der Waals surface area contributed by atoms with Crippen molar-refractivity contribution in [2.45, 2.75) is 13.3 Å². The van der Waals surface area contributed by atoms with Crippen molar-refractivity contribution in [2.75, 3.05) is 11.9 Å². The second-order valence-electron chi connectivity index (χ2n) is 5.63. The van der Waals surface area contributed by atoms with Gasteiger partial charge in [0.2, 0.25) is 0 Å². The number of nitrogens with one attached hydrogen (secondary N) is 2. The molecule has 2 amide bonds. The molecule has 0 unspecified atom stereocenters. The third-order valence-corrected chi connectivity index (χ3v) is 5.71. The van der Waals surface area contributed by atoms with Crippen LogP contribution >= 0.6 is 22.7 Å². The van der Waals surface area contributed by atoms with E-state index >= 15 is 0 Å². The van der Waals surface area contributed by atoms with Gasteiger partial charge in [0, 0.05) is 6.54 Å². The van der Waals surface area contributed by atoms with Crippen LogP contribution in [-0.2, 0) is 6.42 Å². The molecule has 2 N–H and O–H groups in total. The number of carbonyl (C=O) groups is 1. The summed E-state index contributed by atoms with van der Waals surface area (Å²) in [7, 11) is 0. The van der Waals surface area contributed by atoms with Gasteiger partial charge in [0.1, 0.15) is 5.52 Å². The van der Waals surface area contributed by atoms with Crippen LogP contribution in [0, 0.1) is 6.92 Å². The molecule has 0 fully saturated rings. The average Bonchev–Trinajstić information content (AvgIpc) is 3.17. The van der Waals surface area contributed by atoms with Crippen molar-refractivity contribution in [1.29, 1.82) is 0 Å². The van der Waals surface area contributed by atoms with E-state index in [0.29, 0.717) is 11.7 Å². The summed E-state index contributed by atoms with van der Waals surface area (Å²) in [5.74, 6) is 0. The van der Waals surface area contributed by atoms with E-state index < -0.39 is 0 Å². The van der Waals surface area contributed by atoms with Crippen LogP contribution in [0.25, 0.3) is 20.4 Å². The Bertz CT molecular complexity index is 1040. The first kappa shape index (κ1) is 16.0. The molecule has 2 aromatic heterocycles. The van der Waals surface area contributed by atoms with Gasteiger partial charge in [-0.1, -0.05) is 41.7 Å². The van der Waals surface area contributed by atoms with E-state index in [0.717, 1.165) is 31.9 Å². The SMILES string of the molecule is Cc1nc2c(ccc3nc(NC(=O)NCCc4ccccc4)sc32)s1. The fraction of sp³-hybridized carbons (Fsp3) is 0.167. The number of nitrogens with zero attached hydrogens (tertiary/aromatic N) is 2. The molecule has 0 saturated heterocycles. The standard InChI is InChI=1S/C18H16N4OS2/c1-11-20-15-14(24-11)8-7-13-16(15)25-18(21-13)22-17(23)19-10-9-12-5-3-2-4-6-12/h2-8H,9-10H2,1H3,(H2,19,21,22,23). The number of aryl methyl sites for hydroxylation is 1. The van der Waals surface area contributed by atoms with Crippen molar-refractivity contribution in [3.63, 3.8) is 0 Å². The van der Waals surface area contributed by atoms with Gasteiger partial charge in [-0.3, -0.25) is 5.32 Å². The molecule has 0 radical (unpaired) electrons. The predicted molar refractivity (Wildman–Crippen MR) is 105 cm³/mol. The van der Waals surface area contributed by atoms with Gasteiger partial charge in [-0.05, 0) is 31.0 Å². The Hall–Kier alpha value is -2.51. The lowest BCUT2D eigenvalue weighted by Crippen LogP contribution is -2.30. The van der Waals surface area contributed by atoms with Crippen LogP contribution in [0.15, 0.2) is 42.5 Å². The largest absolute Gasteiger partial charge is 0.337 e. The van der Waals surface area contributed by atoms with Gasteiger partial charge < -0.3 is 5.32 Å². The van der Waals surface area contributed by atoms with Gasteiger partial charge in [0.05, 0.1) is 19.9 Å². The number of carbonyl (C=O) groups excluding carboxylic acids is 1. The van der Waals surface area contributed by atoms with Crippen molar-refractivity contribution in [3.8, 4) is 0 Å². The molecule has 126 valence electrons. The Morgan fingerprint density at radius 2 is 1.92 bits per heavy atom. The van der Waals surface area contributed by atoms with Gasteiger partial charge in [0.15, 0.2) is 5.13 Å². The Labute approximate surface area is 152 Å². The number of hydrogen-bond acceptors (Lipinski definition) is 5. The van der Waals surface area contributed by atoms with Crippen LogP contribution in [0.4, 0.5) is 9.93 Å². The van der Waals surface area contributed by atoms with Gasteiger partial charge >= 0.3 is 6.03 Å². The zero-order valence-corrected chi connectivity index (χ0v) is 15.2. The number of amides is 2. The number of rotatable bonds is 4. The molecular weight excluding hydrogens is 352 g/mol. The first-order valence-corrected chi connectivity index (χ1v) is 9.58. The van der Waals surface area contributed by atoms with Gasteiger partial charge in [-0.2, -0.15) is 0 Å². The van der Waals surface area contributed by atoms with Crippen LogP contribution < -0.4 is 10.6 Å². The van der Waals surface area contributed by atoms with Crippen molar-refractivity contribution < 1.29 is 4.79 Å². The second-order valence-corrected chi connectivity index (χ2v) is 7.86. The molecule has 25 heavy (non-hydrogen) atoms. The Morgan fingerprint density at radius 3 is 2.76 bits per heavy atom. The van der Waals surface area contributed by atoms with Crippen molar-refractivity contribution in [3.05, 3.63) is 53.0 Å². The fourth-order valence-corrected chi connectivity index (χ4v) is 4.50. The summed E-state index contributed by atoms with van der Waals surface area (Å²) in [4.78, 5) is 21.1. The minimum Gasteiger partial charge on any atom is -0.337 e. The maximum Gasteiger partial charge on any atom is 0.321 e. The van der Waals surface area contributed by atoms with Crippen LogP contribution in [0.1, 0.15) is 10.6 Å². The minimum atomic E-state index is -0.235. The summed E-state index contributed by atoms with van der Waals surface area (Å²) >= 11 is 3.13. The molecule has 4 aromatic rings. The quantitative estimate of drug-likeness (QED) is 0.554. The number of thiazole rings is 2. The van der Waals surface area contributed by atoms with Crippen LogP contribution in [0.5, 0.6) is 0 Å². The summed E-state index contributed by atoms with van der Waals surface area (Å²) in [5, 5.41) is 7.31. The summed E-state index contributed by atoms with van der Waals surface area (Å²) in [6, 6.07) is 13.9. The number of anilines is 1. The fourth-order valence-electron chi connectivity index (χ4n) is 2.65. The molecule has 0 aliphatic heterocycles. The molecule has 4 rings (SSSR count). The summed E-state index contributed by atoms with van der Waals surface area (Å²) in [6.45, 7) is 2.58. The van der Waals surface area contributed by atoms with Crippen molar-refractivity contribution >= 4 is 54.3 Å². The number of aromatic nitrogens is 2. The maximum absolute atomic E-state index is 12.1. The third-order valence-electron chi connectivity index (χ3n) is 3.78. The van der Waals surface area contributed by atoms with E-state index in [-0.39, 0.29) is 6.03 Å². The lowest BCUT2D eigenvalue weighted by Gasteiger charge is -2.05. The molecule has 5 nitrogen and oxygen atoms in total. The van der Waals surface area contributed by atoms with Crippen molar-refractivity contribution in [2.24, 2.45) is 0 Å². The highest BCUT2D eigenvalue weighted by Gasteiger charge is 2.12. The summed E-state index contributed by atoms with van der Waals surface area (Å²) in [5.41, 5.74) is 3.03. The summed E-state index contributed by atoms with van der Waals surface area (Å²) in [6.07, 6.45) is 0.798. The van der Waals surface area contributed by atoms with E-state index in [1.165, 1.54) is 16.9 Å². The molecule has 0 atom stereocenters. The molecular formula is C18H16N4OS2. The molecule has 2 aromatic carbocycles. The van der Waals surface area contributed by atoms with Gasteiger partial charge in [0.25, 0.3) is 0 Å². The zero-order chi connectivity index (χ0) is 17.2. The normalized spacial score (nSPS) is 11.1. The van der Waals surface area contributed by atoms with E-state index in [2.05, 4.69) is 20.6 Å². The van der Waals surface area contributed by atoms with Crippen LogP contribution in [0.2, 0.25) is 0 Å². The topological polar surface area (TPSA) is 66.9 Å². The van der Waals surface area contributed by atoms with Gasteiger partial charge in [-0.25, -0.2) is 14.8 Å². The smallest absolute Gasteiger partial charge is 0.321 e. The summed E-state index contributed by atoms with van der Waals surface area (Å²) < 4.78 is 2.16. The van der Waals surface area contributed by atoms with Crippen LogP contribution in [0.3, 0.4) is 0 Å². The molecule has 0 bridgehead atoms. The highest BCUT2D eigenvalue weighted by Crippen LogP contribution is 2.34. The second kappa shape index (κ2) is 6.78. The zero-order valence-electron chi connectivity index (χ0n) is 13.6. The monoisotopic (exact) mass is 368 g/mol. The number of urea groups is 1. The number of hydrogen-bond donors (Lipinski definition) is 2. The lowest BCUT2D eigenvalue weighted by molar-refractivity contribution is 0.252. The third kappa shape index (κ3) is 3.47. The van der Waals surface area contributed by atoms with E-state index in [1.807, 2.05) is 49.4 Å². The Morgan fingerprint density at radius 1 is 1.08 bits per heavy atom. The molecule has 0 spiro atoms. The first-order chi connectivity index (χ1) is 12.2. The van der Waals surface area contributed by atoms with Gasteiger partial charge in [-0.15, -0.1) is 11.3 Å². The molecule has 7 heteroatoms. The van der Waals surface area contributed by atoms with E-state index in [9.17, 15) is 4.79 Å². The molecule has 2 heterocycles. The highest BCUT2D eigenvalue weighted by molar-refractivity contribution is 7.24. The molecule has 0 saturated carbocycles. The average molecular weight is 368 g/mol. The number of fused-ring (bicyclic) bond motifs is 3. The lowest BCUT2D eigenvalue weighted by atomic mass is 10.1.